The molecule has 0 spiro atoms. The molecule has 3 aromatic rings. The molecule has 1 amide bonds. The minimum atomic E-state index is -0.740. The van der Waals surface area contributed by atoms with E-state index >= 15 is 0 Å². The van der Waals surface area contributed by atoms with Crippen LogP contribution in [0.2, 0.25) is 0 Å². The van der Waals surface area contributed by atoms with Gasteiger partial charge in [-0.3, -0.25) is 9.59 Å². The van der Waals surface area contributed by atoms with Crippen molar-refractivity contribution in [2.75, 3.05) is 12.4 Å². The van der Waals surface area contributed by atoms with Crippen LogP contribution in [0.25, 0.3) is 11.0 Å². The minimum Gasteiger partial charge on any atom is -0.469 e. The van der Waals surface area contributed by atoms with Crippen LogP contribution < -0.4 is 11.1 Å². The Morgan fingerprint density at radius 3 is 2.77 bits per heavy atom. The molecule has 0 saturated heterocycles. The Labute approximate surface area is 200 Å². The zero-order chi connectivity index (χ0) is 24.5. The molecule has 11 heteroatoms. The van der Waals surface area contributed by atoms with Gasteiger partial charge in [0.25, 0.3) is 0 Å². The molecule has 1 atom stereocenters. The van der Waals surface area contributed by atoms with Gasteiger partial charge < -0.3 is 30.5 Å². The van der Waals surface area contributed by atoms with Gasteiger partial charge in [0, 0.05) is 18.3 Å². The Balaban J connectivity index is 1.35. The molecule has 1 aliphatic heterocycles. The van der Waals surface area contributed by atoms with Crippen LogP contribution >= 0.6 is 0 Å². The lowest BCUT2D eigenvalue weighted by molar-refractivity contribution is -0.144. The zero-order valence-corrected chi connectivity index (χ0v) is 19.0. The number of amidine groups is 1. The third kappa shape index (κ3) is 4.65. The maximum atomic E-state index is 13.1. The second-order valence-corrected chi connectivity index (χ2v) is 8.50. The summed E-state index contributed by atoms with van der Waals surface area (Å²) >= 11 is 0. The fourth-order valence-electron chi connectivity index (χ4n) is 4.05. The first-order valence-corrected chi connectivity index (χ1v) is 11.2. The summed E-state index contributed by atoms with van der Waals surface area (Å²) in [6.45, 7) is 0.315. The fourth-order valence-corrected chi connectivity index (χ4v) is 4.05. The van der Waals surface area contributed by atoms with E-state index < -0.39 is 18.0 Å². The number of benzene rings is 2. The average molecular weight is 476 g/mol. The minimum absolute atomic E-state index is 0.0675. The SMILES string of the molecule is COC(=O)CC1Nc2ccc(C(=O)ON=C(N)c3nc4ccccc4[nH]3)cc2CN(C2CC2)C1=O. The number of esters is 1. The van der Waals surface area contributed by atoms with Crippen molar-refractivity contribution in [3.05, 3.63) is 59.4 Å². The van der Waals surface area contributed by atoms with Gasteiger partial charge in [-0.25, -0.2) is 9.78 Å². The number of nitrogens with two attached hydrogens (primary N) is 1. The largest absolute Gasteiger partial charge is 0.469 e. The predicted octanol–water partition coefficient (Wildman–Crippen LogP) is 1.89. The highest BCUT2D eigenvalue weighted by Gasteiger charge is 2.39. The number of para-hydroxylation sites is 2. The molecule has 2 aliphatic rings. The number of fused-ring (bicyclic) bond motifs is 2. The lowest BCUT2D eigenvalue weighted by Gasteiger charge is -2.23. The summed E-state index contributed by atoms with van der Waals surface area (Å²) < 4.78 is 4.75. The van der Waals surface area contributed by atoms with E-state index in [2.05, 4.69) is 20.4 Å². The highest BCUT2D eigenvalue weighted by molar-refractivity contribution is 5.98. The van der Waals surface area contributed by atoms with E-state index in [1.807, 2.05) is 24.3 Å². The second-order valence-electron chi connectivity index (χ2n) is 8.50. The van der Waals surface area contributed by atoms with Gasteiger partial charge in [0.2, 0.25) is 11.7 Å². The van der Waals surface area contributed by atoms with Crippen LogP contribution in [0, 0.1) is 0 Å². The van der Waals surface area contributed by atoms with Gasteiger partial charge in [-0.05, 0) is 48.7 Å². The number of oxime groups is 1. The smallest absolute Gasteiger partial charge is 0.365 e. The maximum Gasteiger partial charge on any atom is 0.365 e. The number of aromatic nitrogens is 2. The summed E-state index contributed by atoms with van der Waals surface area (Å²) in [6.07, 6.45) is 1.73. The van der Waals surface area contributed by atoms with E-state index in [4.69, 9.17) is 15.3 Å². The molecule has 4 N–H and O–H groups in total. The Bertz CT molecular complexity index is 1310. The number of imidazole rings is 1. The first-order chi connectivity index (χ1) is 16.9. The summed E-state index contributed by atoms with van der Waals surface area (Å²) in [5, 5.41) is 6.87. The lowest BCUT2D eigenvalue weighted by Crippen LogP contribution is -2.42. The van der Waals surface area contributed by atoms with Crippen molar-refractivity contribution in [3.8, 4) is 0 Å². The Morgan fingerprint density at radius 1 is 1.23 bits per heavy atom. The summed E-state index contributed by atoms with van der Waals surface area (Å²) in [4.78, 5) is 51.7. The quantitative estimate of drug-likeness (QED) is 0.160. The van der Waals surface area contributed by atoms with Crippen LogP contribution in [0.4, 0.5) is 5.69 Å². The molecule has 0 radical (unpaired) electrons. The number of amides is 1. The van der Waals surface area contributed by atoms with E-state index in [1.165, 1.54) is 7.11 Å². The Morgan fingerprint density at radius 2 is 2.03 bits per heavy atom. The first-order valence-electron chi connectivity index (χ1n) is 11.2. The third-order valence-electron chi connectivity index (χ3n) is 6.04. The van der Waals surface area contributed by atoms with Crippen molar-refractivity contribution in [3.63, 3.8) is 0 Å². The number of anilines is 1. The predicted molar refractivity (Wildman–Crippen MR) is 126 cm³/mol. The van der Waals surface area contributed by atoms with Gasteiger partial charge in [0.1, 0.15) is 6.04 Å². The van der Waals surface area contributed by atoms with Gasteiger partial charge in [0.15, 0.2) is 5.82 Å². The molecule has 11 nitrogen and oxygen atoms in total. The number of rotatable bonds is 6. The number of H-pyrrole nitrogens is 1. The van der Waals surface area contributed by atoms with Crippen LogP contribution in [0.3, 0.4) is 0 Å². The summed E-state index contributed by atoms with van der Waals surface area (Å²) in [6, 6.07) is 11.7. The molecular weight excluding hydrogens is 452 g/mol. The molecule has 1 unspecified atom stereocenters. The summed E-state index contributed by atoms with van der Waals surface area (Å²) in [7, 11) is 1.29. The molecular formula is C24H24N6O5. The molecule has 2 heterocycles. The van der Waals surface area contributed by atoms with Crippen molar-refractivity contribution < 1.29 is 24.0 Å². The van der Waals surface area contributed by atoms with E-state index in [-0.39, 0.29) is 29.8 Å². The van der Waals surface area contributed by atoms with Gasteiger partial charge in [-0.2, -0.15) is 0 Å². The standard InChI is InChI=1S/C24H24N6O5/c1-34-20(31)11-19-23(32)30(15-7-8-15)12-14-10-13(6-9-16(14)26-19)24(33)35-29-21(25)22-27-17-4-2-3-5-18(17)28-22/h2-6,9-10,15,19,26H,7-8,11-12H2,1H3,(H2,25,29)(H,27,28). The topological polar surface area (TPSA) is 152 Å². The van der Waals surface area contributed by atoms with E-state index in [0.29, 0.717) is 23.6 Å². The van der Waals surface area contributed by atoms with Crippen molar-refractivity contribution >= 4 is 40.4 Å². The number of methoxy groups -OCH3 is 1. The number of ether oxygens (including phenoxy) is 1. The van der Waals surface area contributed by atoms with Crippen LogP contribution in [-0.2, 0) is 25.7 Å². The number of nitrogens with one attached hydrogen (secondary N) is 2. The molecule has 0 bridgehead atoms. The second kappa shape index (κ2) is 9.09. The van der Waals surface area contributed by atoms with Crippen LogP contribution in [0.1, 0.15) is 41.0 Å². The molecule has 1 aliphatic carbocycles. The molecule has 5 rings (SSSR count). The summed E-state index contributed by atoms with van der Waals surface area (Å²) in [5.41, 5.74) is 9.09. The highest BCUT2D eigenvalue weighted by Crippen LogP contribution is 2.34. The normalized spacial score (nSPS) is 18.0. The van der Waals surface area contributed by atoms with Gasteiger partial charge >= 0.3 is 11.9 Å². The number of aromatic amines is 1. The monoisotopic (exact) mass is 476 g/mol. The fraction of sp³-hybridized carbons (Fsp3) is 0.292. The molecule has 180 valence electrons. The van der Waals surface area contributed by atoms with Gasteiger partial charge in [-0.1, -0.05) is 17.3 Å². The first kappa shape index (κ1) is 22.4. The zero-order valence-electron chi connectivity index (χ0n) is 19.0. The Hall–Kier alpha value is -4.41. The molecule has 1 aromatic heterocycles. The number of carbonyl (C=O) groups excluding carboxylic acids is 3. The number of hydrogen-bond acceptors (Lipinski definition) is 8. The maximum absolute atomic E-state index is 13.1. The number of nitrogens with zero attached hydrogens (tertiary/aromatic N) is 3. The van der Waals surface area contributed by atoms with Crippen LogP contribution in [0.15, 0.2) is 47.6 Å². The average Bonchev–Trinajstić information content (AvgIpc) is 3.63. The number of hydrogen-bond donors (Lipinski definition) is 3. The van der Waals surface area contributed by atoms with Crippen LogP contribution in [0.5, 0.6) is 0 Å². The van der Waals surface area contributed by atoms with Crippen molar-refractivity contribution in [2.24, 2.45) is 10.9 Å². The van der Waals surface area contributed by atoms with Gasteiger partial charge in [-0.15, -0.1) is 0 Å². The lowest BCUT2D eigenvalue weighted by atomic mass is 10.1. The highest BCUT2D eigenvalue weighted by atomic mass is 16.7. The molecule has 1 fully saturated rings. The third-order valence-corrected chi connectivity index (χ3v) is 6.04. The molecule has 2 aromatic carbocycles. The van der Waals surface area contributed by atoms with E-state index in [0.717, 1.165) is 23.9 Å². The summed E-state index contributed by atoms with van der Waals surface area (Å²) in [5.74, 6) is -1.12. The van der Waals surface area contributed by atoms with E-state index in [1.54, 1.807) is 23.1 Å². The van der Waals surface area contributed by atoms with Crippen molar-refractivity contribution in [2.45, 2.75) is 37.9 Å². The Kier molecular flexibility index (Phi) is 5.81. The molecule has 1 saturated carbocycles. The van der Waals surface area contributed by atoms with Crippen molar-refractivity contribution in [1.29, 1.82) is 0 Å². The van der Waals surface area contributed by atoms with Crippen molar-refractivity contribution in [1.82, 2.24) is 14.9 Å². The van der Waals surface area contributed by atoms with Crippen LogP contribution in [-0.4, -0.2) is 57.7 Å². The number of carbonyl (C=O) groups is 3. The van der Waals surface area contributed by atoms with E-state index in [9.17, 15) is 14.4 Å². The van der Waals surface area contributed by atoms with Gasteiger partial charge in [0.05, 0.1) is 30.1 Å². The molecule has 35 heavy (non-hydrogen) atoms.